The van der Waals surface area contributed by atoms with E-state index in [0.29, 0.717) is 5.56 Å². The quantitative estimate of drug-likeness (QED) is 0.169. The van der Waals surface area contributed by atoms with Crippen LogP contribution in [0.4, 0.5) is 0 Å². The van der Waals surface area contributed by atoms with Gasteiger partial charge in [-0.2, -0.15) is 0 Å². The van der Waals surface area contributed by atoms with E-state index in [-0.39, 0.29) is 29.7 Å². The van der Waals surface area contributed by atoms with Crippen molar-refractivity contribution in [2.45, 2.75) is 0 Å². The zero-order chi connectivity index (χ0) is 39.2. The molecule has 10 aromatic carbocycles. The molecular formula is C52H32O. The van der Waals surface area contributed by atoms with Crippen LogP contribution in [-0.4, -0.2) is 0 Å². The van der Waals surface area contributed by atoms with Crippen LogP contribution >= 0.6 is 0 Å². The summed E-state index contributed by atoms with van der Waals surface area (Å²) >= 11 is 0. The highest BCUT2D eigenvalue weighted by Crippen LogP contribution is 2.48. The Morgan fingerprint density at radius 2 is 0.925 bits per heavy atom. The van der Waals surface area contributed by atoms with Crippen molar-refractivity contribution in [3.63, 3.8) is 0 Å². The highest BCUT2D eigenvalue weighted by molar-refractivity contribution is 6.24. The van der Waals surface area contributed by atoms with E-state index in [0.717, 1.165) is 93.0 Å². The Kier molecular flexibility index (Phi) is 5.58. The first kappa shape index (κ1) is 25.1. The van der Waals surface area contributed by atoms with Crippen LogP contribution in [0, 0.1) is 0 Å². The van der Waals surface area contributed by atoms with Gasteiger partial charge in [0, 0.05) is 16.3 Å². The maximum atomic E-state index is 9.02. The lowest BCUT2D eigenvalue weighted by molar-refractivity contribution is 0.669. The van der Waals surface area contributed by atoms with Crippen LogP contribution in [0.5, 0.6) is 0 Å². The Labute approximate surface area is 314 Å². The summed E-state index contributed by atoms with van der Waals surface area (Å²) in [5, 5.41) is 10.1. The van der Waals surface area contributed by atoms with E-state index in [9.17, 15) is 0 Å². The van der Waals surface area contributed by atoms with Crippen LogP contribution in [0.25, 0.3) is 110 Å². The number of fused-ring (bicyclic) bond motifs is 7. The fraction of sp³-hybridized carbons (Fsp3) is 0. The van der Waals surface area contributed by atoms with Gasteiger partial charge in [0.2, 0.25) is 0 Å². The molecule has 0 spiro atoms. The van der Waals surface area contributed by atoms with Crippen LogP contribution in [0.3, 0.4) is 0 Å². The van der Waals surface area contributed by atoms with Crippen molar-refractivity contribution in [2.24, 2.45) is 0 Å². The molecule has 0 saturated heterocycles. The van der Waals surface area contributed by atoms with Crippen LogP contribution in [0.2, 0.25) is 0 Å². The van der Waals surface area contributed by atoms with Crippen molar-refractivity contribution >= 4 is 65.0 Å². The molecule has 53 heavy (non-hydrogen) atoms. The zero-order valence-electron chi connectivity index (χ0n) is 33.5. The summed E-state index contributed by atoms with van der Waals surface area (Å²) in [6, 6.07) is 55.2. The number of para-hydroxylation sites is 1. The molecule has 0 aliphatic carbocycles. The zero-order valence-corrected chi connectivity index (χ0v) is 28.5. The first-order chi connectivity index (χ1) is 28.4. The highest BCUT2D eigenvalue weighted by atomic mass is 16.3. The third-order valence-corrected chi connectivity index (χ3v) is 10.7. The summed E-state index contributed by atoms with van der Waals surface area (Å²) in [4.78, 5) is 0. The molecule has 0 fully saturated rings. The third-order valence-electron chi connectivity index (χ3n) is 10.7. The summed E-state index contributed by atoms with van der Waals surface area (Å²) in [5.74, 6) is 0. The van der Waals surface area contributed by atoms with E-state index in [4.69, 9.17) is 11.3 Å². The van der Waals surface area contributed by atoms with Crippen molar-refractivity contribution in [3.05, 3.63) is 194 Å². The van der Waals surface area contributed by atoms with E-state index in [1.54, 1.807) is 0 Å². The van der Waals surface area contributed by atoms with Gasteiger partial charge in [-0.15, -0.1) is 0 Å². The lowest BCUT2D eigenvalue weighted by atomic mass is 9.83. The monoisotopic (exact) mass is 677 g/mol. The summed E-state index contributed by atoms with van der Waals surface area (Å²) in [5.41, 5.74) is 8.87. The minimum atomic E-state index is -0.406. The van der Waals surface area contributed by atoms with Crippen molar-refractivity contribution in [2.75, 3.05) is 0 Å². The summed E-state index contributed by atoms with van der Waals surface area (Å²) in [6.45, 7) is 0. The maximum Gasteiger partial charge on any atom is 0.136 e. The van der Waals surface area contributed by atoms with E-state index in [1.807, 2.05) is 48.5 Å². The van der Waals surface area contributed by atoms with Crippen LogP contribution in [0.15, 0.2) is 198 Å². The summed E-state index contributed by atoms with van der Waals surface area (Å²) in [7, 11) is 0. The number of benzene rings is 10. The topological polar surface area (TPSA) is 13.1 Å². The molecular weight excluding hydrogens is 641 g/mol. The Morgan fingerprint density at radius 1 is 0.340 bits per heavy atom. The number of furan rings is 1. The maximum absolute atomic E-state index is 9.02. The van der Waals surface area contributed by atoms with Crippen molar-refractivity contribution in [1.82, 2.24) is 0 Å². The van der Waals surface area contributed by atoms with Gasteiger partial charge in [-0.25, -0.2) is 0 Å². The van der Waals surface area contributed by atoms with Gasteiger partial charge >= 0.3 is 0 Å². The molecule has 1 heterocycles. The second-order valence-corrected chi connectivity index (χ2v) is 13.6. The average molecular weight is 678 g/mol. The standard InChI is InChI=1S/C52H32O/c1-2-15-34(16-3-1)49-41-20-8-10-22-43(41)51(44-23-11-9-21-42(44)49)46-32-38(31-36-18-6-7-19-39(36)46)40-28-29-48-52(45-24-12-13-25-47(45)53-48)50(40)37-27-26-33-14-4-5-17-35(33)30-37/h1-32H/i1D,2D,3D,15D,16D. The summed E-state index contributed by atoms with van der Waals surface area (Å²) in [6.07, 6.45) is 0. The predicted octanol–water partition coefficient (Wildman–Crippen LogP) is 14.9. The van der Waals surface area contributed by atoms with Gasteiger partial charge in [0.15, 0.2) is 0 Å². The number of hydrogen-bond acceptors (Lipinski definition) is 1. The molecule has 0 N–H and O–H groups in total. The first-order valence-electron chi connectivity index (χ1n) is 20.3. The smallest absolute Gasteiger partial charge is 0.136 e. The third kappa shape index (κ3) is 4.64. The molecule has 1 aromatic heterocycles. The Morgan fingerprint density at radius 3 is 1.66 bits per heavy atom. The van der Waals surface area contributed by atoms with E-state index in [2.05, 4.69) is 115 Å². The van der Waals surface area contributed by atoms with Crippen LogP contribution in [0.1, 0.15) is 6.85 Å². The molecule has 11 rings (SSSR count). The average Bonchev–Trinajstić information content (AvgIpc) is 3.65. The molecule has 0 saturated carbocycles. The van der Waals surface area contributed by atoms with Gasteiger partial charge in [-0.05, 0) is 112 Å². The van der Waals surface area contributed by atoms with Gasteiger partial charge in [0.1, 0.15) is 11.2 Å². The van der Waals surface area contributed by atoms with Gasteiger partial charge in [-0.3, -0.25) is 0 Å². The molecule has 1 nitrogen and oxygen atoms in total. The van der Waals surface area contributed by atoms with Gasteiger partial charge in [0.25, 0.3) is 0 Å². The molecule has 0 unspecified atom stereocenters. The van der Waals surface area contributed by atoms with Crippen molar-refractivity contribution in [3.8, 4) is 44.5 Å². The molecule has 0 atom stereocenters. The predicted molar refractivity (Wildman–Crippen MR) is 225 cm³/mol. The number of hydrogen-bond donors (Lipinski definition) is 0. The molecule has 0 aliphatic rings. The van der Waals surface area contributed by atoms with Gasteiger partial charge in [0.05, 0.1) is 6.85 Å². The Balaban J connectivity index is 1.26. The minimum absolute atomic E-state index is 0.198. The fourth-order valence-electron chi connectivity index (χ4n) is 8.44. The van der Waals surface area contributed by atoms with Gasteiger partial charge in [-0.1, -0.05) is 164 Å². The summed E-state index contributed by atoms with van der Waals surface area (Å²) < 4.78 is 50.0. The van der Waals surface area contributed by atoms with E-state index < -0.39 is 6.04 Å². The molecule has 0 amide bonds. The largest absolute Gasteiger partial charge is 0.456 e. The second kappa shape index (κ2) is 11.8. The lowest BCUT2D eigenvalue weighted by Gasteiger charge is -2.20. The fourth-order valence-corrected chi connectivity index (χ4v) is 8.44. The molecule has 246 valence electrons. The Hall–Kier alpha value is -6.96. The molecule has 11 aromatic rings. The van der Waals surface area contributed by atoms with Crippen LogP contribution < -0.4 is 0 Å². The first-order valence-corrected chi connectivity index (χ1v) is 17.8. The van der Waals surface area contributed by atoms with Crippen molar-refractivity contribution < 1.29 is 11.3 Å². The number of rotatable bonds is 4. The molecule has 0 bridgehead atoms. The Bertz CT molecular complexity index is 3440. The normalized spacial score (nSPS) is 13.1. The van der Waals surface area contributed by atoms with E-state index in [1.165, 1.54) is 5.39 Å². The molecule has 1 heteroatoms. The molecule has 0 radical (unpaired) electrons. The van der Waals surface area contributed by atoms with E-state index >= 15 is 0 Å². The van der Waals surface area contributed by atoms with Crippen molar-refractivity contribution in [1.29, 1.82) is 0 Å². The highest BCUT2D eigenvalue weighted by Gasteiger charge is 2.22. The van der Waals surface area contributed by atoms with Crippen LogP contribution in [-0.2, 0) is 0 Å². The second-order valence-electron chi connectivity index (χ2n) is 13.6. The SMILES string of the molecule is [2H]c1c([2H])c([2H])c(-c2c3ccccc3c(-c3cc(-c4ccc5oc6ccccc6c5c4-c4ccc5ccccc5c4)cc4ccccc34)c3ccccc23)c([2H])c1[2H]. The minimum Gasteiger partial charge on any atom is -0.456 e. The van der Waals surface area contributed by atoms with Gasteiger partial charge < -0.3 is 4.42 Å². The molecule has 0 aliphatic heterocycles. The lowest BCUT2D eigenvalue weighted by Crippen LogP contribution is -1.93.